The van der Waals surface area contributed by atoms with Crippen molar-refractivity contribution in [2.24, 2.45) is 0 Å². The number of nitriles is 1. The Morgan fingerprint density at radius 3 is 2.40 bits per heavy atom. The van der Waals surface area contributed by atoms with Crippen molar-refractivity contribution in [3.8, 4) is 23.3 Å². The fourth-order valence-corrected chi connectivity index (χ4v) is 4.93. The molecule has 0 aliphatic carbocycles. The molecule has 0 spiro atoms. The average molecular weight is 754 g/mol. The van der Waals surface area contributed by atoms with Gasteiger partial charge in [-0.2, -0.15) is 5.26 Å². The van der Waals surface area contributed by atoms with E-state index >= 15 is 0 Å². The molecule has 0 aliphatic rings. The number of carbonyl (C=O) groups is 1. The number of nitrogens with one attached hydrogen (secondary N) is 1. The minimum absolute atomic E-state index is 0.0235. The Hall–Kier alpha value is -4.41. The monoisotopic (exact) mass is 753 g/mol. The van der Waals surface area contributed by atoms with Crippen LogP contribution < -0.4 is 19.5 Å². The number of rotatable bonds is 12. The molecule has 11 heteroatoms. The predicted octanol–water partition coefficient (Wildman–Crippen LogP) is 8.06. The molecule has 9 nitrogen and oxygen atoms in total. The summed E-state index contributed by atoms with van der Waals surface area (Å²) in [5.41, 5.74) is 2.61. The van der Waals surface area contributed by atoms with Crippen molar-refractivity contribution in [3.63, 3.8) is 0 Å². The molecule has 43 heavy (non-hydrogen) atoms. The topological polar surface area (TPSA) is 124 Å². The van der Waals surface area contributed by atoms with Crippen LogP contribution in [0.4, 0.5) is 11.4 Å². The van der Waals surface area contributed by atoms with E-state index in [1.165, 1.54) is 18.2 Å². The molecule has 0 aromatic heterocycles. The van der Waals surface area contributed by atoms with Crippen LogP contribution in [0.5, 0.6) is 17.2 Å². The molecule has 218 valence electrons. The molecule has 0 bridgehead atoms. The molecule has 0 radical (unpaired) electrons. The van der Waals surface area contributed by atoms with E-state index in [2.05, 4.69) is 43.8 Å². The summed E-state index contributed by atoms with van der Waals surface area (Å²) in [5, 5.41) is 23.6. The number of benzene rings is 4. The van der Waals surface area contributed by atoms with Crippen molar-refractivity contribution in [3.05, 3.63) is 125 Å². The predicted molar refractivity (Wildman–Crippen MR) is 175 cm³/mol. The second-order valence-electron chi connectivity index (χ2n) is 9.04. The van der Waals surface area contributed by atoms with E-state index in [1.54, 1.807) is 48.5 Å². The number of carbonyl (C=O) groups excluding carboxylic acids is 1. The van der Waals surface area contributed by atoms with E-state index in [-0.39, 0.29) is 17.9 Å². The van der Waals surface area contributed by atoms with E-state index < -0.39 is 10.8 Å². The number of hydrogen-bond donors (Lipinski definition) is 1. The zero-order chi connectivity index (χ0) is 30.8. The molecule has 0 saturated heterocycles. The van der Waals surface area contributed by atoms with Gasteiger partial charge in [-0.05, 0) is 101 Å². The highest BCUT2D eigenvalue weighted by atomic mass is 127. The second-order valence-corrected chi connectivity index (χ2v) is 11.1. The van der Waals surface area contributed by atoms with Gasteiger partial charge in [0.15, 0.2) is 11.5 Å². The van der Waals surface area contributed by atoms with Gasteiger partial charge >= 0.3 is 0 Å². The van der Waals surface area contributed by atoms with Crippen LogP contribution in [-0.2, 0) is 18.0 Å². The first-order chi connectivity index (χ1) is 20.7. The maximum Gasteiger partial charge on any atom is 0.269 e. The summed E-state index contributed by atoms with van der Waals surface area (Å²) in [5.74, 6) is 0.951. The summed E-state index contributed by atoms with van der Waals surface area (Å²) in [6.07, 6.45) is 1.47. The molecular formula is C32H25BrIN3O6. The lowest BCUT2D eigenvalue weighted by atomic mass is 10.1. The Balaban J connectivity index is 1.44. The number of anilines is 1. The van der Waals surface area contributed by atoms with Crippen molar-refractivity contribution >= 4 is 61.9 Å². The maximum atomic E-state index is 12.9. The largest absolute Gasteiger partial charge is 0.490 e. The van der Waals surface area contributed by atoms with Gasteiger partial charge in [-0.3, -0.25) is 14.9 Å². The van der Waals surface area contributed by atoms with Gasteiger partial charge in [-0.1, -0.05) is 40.2 Å². The maximum absolute atomic E-state index is 12.9. The molecule has 0 atom stereocenters. The number of non-ortho nitro benzene ring substituents is 1. The summed E-state index contributed by atoms with van der Waals surface area (Å²) in [7, 11) is 0. The van der Waals surface area contributed by atoms with Gasteiger partial charge in [0.2, 0.25) is 0 Å². The number of ether oxygens (including phenoxy) is 3. The van der Waals surface area contributed by atoms with Crippen molar-refractivity contribution in [1.29, 1.82) is 5.26 Å². The Labute approximate surface area is 270 Å². The standard InChI is InChI=1S/C32H25BrIN3O6/c1-2-41-30-17-23(16-29(34)31(30)43-20-22-4-3-5-27(15-22)37(39)40)14-24(18-35)32(38)36-26-10-12-28(13-11-26)42-19-21-6-8-25(33)9-7-21/h3-17H,2,19-20H2,1H3,(H,36,38)/b24-14+. The Bertz CT molecular complexity index is 1690. The first-order valence-corrected chi connectivity index (χ1v) is 14.9. The second kappa shape index (κ2) is 15.2. The van der Waals surface area contributed by atoms with Crippen LogP contribution in [0, 0.1) is 25.0 Å². The van der Waals surface area contributed by atoms with Crippen LogP contribution in [0.2, 0.25) is 0 Å². The third-order valence-corrected chi connectivity index (χ3v) is 7.27. The third kappa shape index (κ3) is 9.04. The minimum Gasteiger partial charge on any atom is -0.490 e. The minimum atomic E-state index is -0.565. The van der Waals surface area contributed by atoms with Crippen LogP contribution >= 0.6 is 38.5 Å². The van der Waals surface area contributed by atoms with E-state index in [1.807, 2.05) is 37.3 Å². The molecular weight excluding hydrogens is 729 g/mol. The highest BCUT2D eigenvalue weighted by molar-refractivity contribution is 14.1. The van der Waals surface area contributed by atoms with Crippen molar-refractivity contribution in [1.82, 2.24) is 0 Å². The third-order valence-electron chi connectivity index (χ3n) is 5.94. The Morgan fingerprint density at radius 2 is 1.72 bits per heavy atom. The average Bonchev–Trinajstić information content (AvgIpc) is 3.00. The van der Waals surface area contributed by atoms with Crippen LogP contribution in [0.1, 0.15) is 23.6 Å². The van der Waals surface area contributed by atoms with Gasteiger partial charge in [-0.25, -0.2) is 0 Å². The number of nitro groups is 1. The van der Waals surface area contributed by atoms with Crippen molar-refractivity contribution in [2.45, 2.75) is 20.1 Å². The smallest absolute Gasteiger partial charge is 0.269 e. The fourth-order valence-electron chi connectivity index (χ4n) is 3.89. The van der Waals surface area contributed by atoms with E-state index in [0.717, 1.165) is 10.0 Å². The summed E-state index contributed by atoms with van der Waals surface area (Å²) < 4.78 is 19.2. The number of nitro benzene ring substituents is 1. The first-order valence-electron chi connectivity index (χ1n) is 13.0. The van der Waals surface area contributed by atoms with Crippen molar-refractivity contribution < 1.29 is 23.9 Å². The quantitative estimate of drug-likeness (QED) is 0.0510. The fraction of sp³-hybridized carbons (Fsp3) is 0.125. The summed E-state index contributed by atoms with van der Waals surface area (Å²) >= 11 is 5.49. The Kier molecular flexibility index (Phi) is 11.1. The highest BCUT2D eigenvalue weighted by Gasteiger charge is 2.16. The van der Waals surface area contributed by atoms with Gasteiger partial charge in [-0.15, -0.1) is 0 Å². The Morgan fingerprint density at radius 1 is 1.00 bits per heavy atom. The van der Waals surface area contributed by atoms with Gasteiger partial charge in [0, 0.05) is 22.3 Å². The molecule has 0 aliphatic heterocycles. The summed E-state index contributed by atoms with van der Waals surface area (Å²) in [4.78, 5) is 23.6. The van der Waals surface area contributed by atoms with Gasteiger partial charge in [0.25, 0.3) is 11.6 Å². The lowest BCUT2D eigenvalue weighted by Gasteiger charge is -2.15. The SMILES string of the molecule is CCOc1cc(/C=C(\C#N)C(=O)Nc2ccc(OCc3ccc(Br)cc3)cc2)cc(I)c1OCc1cccc([N+](=O)[O-])c1. The van der Waals surface area contributed by atoms with Crippen LogP contribution in [0.25, 0.3) is 6.08 Å². The molecule has 0 unspecified atom stereocenters. The molecule has 0 fully saturated rings. The summed E-state index contributed by atoms with van der Waals surface area (Å²) in [6.45, 7) is 2.67. The molecule has 1 amide bonds. The van der Waals surface area contributed by atoms with Gasteiger partial charge < -0.3 is 19.5 Å². The number of hydrogen-bond acceptors (Lipinski definition) is 7. The zero-order valence-electron chi connectivity index (χ0n) is 22.9. The van der Waals surface area contributed by atoms with E-state index in [9.17, 15) is 20.2 Å². The van der Waals surface area contributed by atoms with E-state index in [0.29, 0.717) is 50.8 Å². The lowest BCUT2D eigenvalue weighted by Crippen LogP contribution is -2.13. The van der Waals surface area contributed by atoms with Crippen molar-refractivity contribution in [2.75, 3.05) is 11.9 Å². The molecule has 1 N–H and O–H groups in total. The van der Waals surface area contributed by atoms with Gasteiger partial charge in [0.05, 0.1) is 15.1 Å². The number of halogens is 2. The molecule has 4 aromatic carbocycles. The van der Waals surface area contributed by atoms with Gasteiger partial charge in [0.1, 0.15) is 30.6 Å². The molecule has 4 rings (SSSR count). The molecule has 4 aromatic rings. The van der Waals surface area contributed by atoms with Crippen LogP contribution in [-0.4, -0.2) is 17.4 Å². The number of amides is 1. The lowest BCUT2D eigenvalue weighted by molar-refractivity contribution is -0.384. The summed E-state index contributed by atoms with van der Waals surface area (Å²) in [6, 6.07) is 26.3. The van der Waals surface area contributed by atoms with Crippen LogP contribution in [0.15, 0.2) is 95.0 Å². The van der Waals surface area contributed by atoms with E-state index in [4.69, 9.17) is 14.2 Å². The highest BCUT2D eigenvalue weighted by Crippen LogP contribution is 2.36. The molecule has 0 heterocycles. The first kappa shape index (κ1) is 31.5. The molecule has 0 saturated carbocycles. The zero-order valence-corrected chi connectivity index (χ0v) is 26.6. The van der Waals surface area contributed by atoms with Crippen LogP contribution in [0.3, 0.4) is 0 Å². The normalized spacial score (nSPS) is 10.9. The number of nitrogens with zero attached hydrogens (tertiary/aromatic N) is 2.